The summed E-state index contributed by atoms with van der Waals surface area (Å²) >= 11 is 0. The third-order valence-electron chi connectivity index (χ3n) is 4.30. The van der Waals surface area contributed by atoms with Gasteiger partial charge in [0.05, 0.1) is 6.54 Å². The number of aliphatic hydroxyl groups is 1. The molecule has 0 atom stereocenters. The molecule has 1 saturated carbocycles. The zero-order valence-corrected chi connectivity index (χ0v) is 12.7. The summed E-state index contributed by atoms with van der Waals surface area (Å²) in [6.07, 6.45) is 7.74. The van der Waals surface area contributed by atoms with Crippen LogP contribution in [0.3, 0.4) is 0 Å². The first-order valence-electron chi connectivity index (χ1n) is 7.65. The van der Waals surface area contributed by atoms with Crippen LogP contribution in [-0.4, -0.2) is 47.1 Å². The van der Waals surface area contributed by atoms with Crippen LogP contribution in [0.5, 0.6) is 0 Å². The maximum Gasteiger partial charge on any atom is 0.234 e. The van der Waals surface area contributed by atoms with Crippen molar-refractivity contribution in [1.29, 1.82) is 0 Å². The van der Waals surface area contributed by atoms with E-state index in [1.165, 1.54) is 0 Å². The molecule has 1 heterocycles. The summed E-state index contributed by atoms with van der Waals surface area (Å²) in [5, 5.41) is 12.1. The third-order valence-corrected chi connectivity index (χ3v) is 4.30. The van der Waals surface area contributed by atoms with E-state index in [1.807, 2.05) is 19.2 Å². The number of aromatic nitrogens is 1. The molecule has 2 rings (SSSR count). The number of pyridine rings is 1. The van der Waals surface area contributed by atoms with E-state index in [2.05, 4.69) is 15.2 Å². The molecule has 2 N–H and O–H groups in total. The van der Waals surface area contributed by atoms with E-state index in [0.29, 0.717) is 31.7 Å². The zero-order chi connectivity index (χ0) is 15.1. The van der Waals surface area contributed by atoms with Crippen LogP contribution >= 0.6 is 0 Å². The number of rotatable bonds is 6. The quantitative estimate of drug-likeness (QED) is 0.826. The molecule has 1 aliphatic carbocycles. The molecule has 1 amide bonds. The van der Waals surface area contributed by atoms with Gasteiger partial charge >= 0.3 is 0 Å². The number of likely N-dealkylation sites (N-methyl/N-ethyl adjacent to an activating group) is 1. The lowest BCUT2D eigenvalue weighted by Gasteiger charge is -2.33. The van der Waals surface area contributed by atoms with Crippen LogP contribution in [0.15, 0.2) is 24.5 Å². The second-order valence-corrected chi connectivity index (χ2v) is 5.91. The molecular formula is C16H25N3O2. The Labute approximate surface area is 126 Å². The molecule has 0 aromatic carbocycles. The van der Waals surface area contributed by atoms with E-state index in [9.17, 15) is 4.79 Å². The molecule has 0 aliphatic heterocycles. The van der Waals surface area contributed by atoms with Gasteiger partial charge in [0.25, 0.3) is 0 Å². The van der Waals surface area contributed by atoms with Gasteiger partial charge in [0.1, 0.15) is 0 Å². The second-order valence-electron chi connectivity index (χ2n) is 5.91. The highest BCUT2D eigenvalue weighted by Crippen LogP contribution is 2.26. The summed E-state index contributed by atoms with van der Waals surface area (Å²) in [4.78, 5) is 18.1. The lowest BCUT2D eigenvalue weighted by molar-refractivity contribution is -0.122. The van der Waals surface area contributed by atoms with Crippen molar-refractivity contribution in [3.05, 3.63) is 30.1 Å². The van der Waals surface area contributed by atoms with Gasteiger partial charge in [-0.3, -0.25) is 14.7 Å². The van der Waals surface area contributed by atoms with E-state index >= 15 is 0 Å². The van der Waals surface area contributed by atoms with Crippen LogP contribution in [0.1, 0.15) is 31.2 Å². The number of nitrogens with one attached hydrogen (secondary N) is 1. The van der Waals surface area contributed by atoms with Gasteiger partial charge in [0.2, 0.25) is 5.91 Å². The number of nitrogens with zero attached hydrogens (tertiary/aromatic N) is 2. The van der Waals surface area contributed by atoms with Crippen molar-refractivity contribution in [1.82, 2.24) is 15.2 Å². The molecule has 0 spiro atoms. The van der Waals surface area contributed by atoms with Crippen LogP contribution < -0.4 is 5.32 Å². The summed E-state index contributed by atoms with van der Waals surface area (Å²) in [5.41, 5.74) is 1.01. The Balaban J connectivity index is 1.70. The largest absolute Gasteiger partial charge is 0.396 e. The Morgan fingerprint density at radius 3 is 2.81 bits per heavy atom. The van der Waals surface area contributed by atoms with Gasteiger partial charge < -0.3 is 10.4 Å². The SMILES string of the molecule is CN(CC(=O)NCc1cccnc1)C1CCC(CO)CC1. The van der Waals surface area contributed by atoms with Gasteiger partial charge in [-0.2, -0.15) is 0 Å². The minimum atomic E-state index is 0.0469. The summed E-state index contributed by atoms with van der Waals surface area (Å²) in [7, 11) is 2.01. The number of hydrogen-bond donors (Lipinski definition) is 2. The topological polar surface area (TPSA) is 65.5 Å². The van der Waals surface area contributed by atoms with Gasteiger partial charge in [-0.15, -0.1) is 0 Å². The average molecular weight is 291 g/mol. The van der Waals surface area contributed by atoms with Gasteiger partial charge in [0.15, 0.2) is 0 Å². The Bertz CT molecular complexity index is 430. The highest BCUT2D eigenvalue weighted by atomic mass is 16.3. The van der Waals surface area contributed by atoms with Crippen molar-refractivity contribution < 1.29 is 9.90 Å². The fourth-order valence-electron chi connectivity index (χ4n) is 2.88. The van der Waals surface area contributed by atoms with Crippen LogP contribution in [0.4, 0.5) is 0 Å². The number of amides is 1. The number of aliphatic hydroxyl groups excluding tert-OH is 1. The molecular weight excluding hydrogens is 266 g/mol. The summed E-state index contributed by atoms with van der Waals surface area (Å²) in [6, 6.07) is 4.28. The Hall–Kier alpha value is -1.46. The Morgan fingerprint density at radius 1 is 1.43 bits per heavy atom. The lowest BCUT2D eigenvalue weighted by atomic mass is 9.86. The highest BCUT2D eigenvalue weighted by molar-refractivity contribution is 5.78. The van der Waals surface area contributed by atoms with Crippen LogP contribution in [0.25, 0.3) is 0 Å². The summed E-state index contributed by atoms with van der Waals surface area (Å²) in [5.74, 6) is 0.500. The van der Waals surface area contributed by atoms with Gasteiger partial charge in [-0.25, -0.2) is 0 Å². The minimum Gasteiger partial charge on any atom is -0.396 e. The van der Waals surface area contributed by atoms with E-state index in [1.54, 1.807) is 12.4 Å². The second kappa shape index (κ2) is 8.10. The van der Waals surface area contributed by atoms with Crippen molar-refractivity contribution in [2.45, 2.75) is 38.3 Å². The van der Waals surface area contributed by atoms with Gasteiger partial charge in [-0.05, 0) is 50.3 Å². The predicted octanol–water partition coefficient (Wildman–Crippen LogP) is 1.18. The molecule has 0 radical (unpaired) electrons. The minimum absolute atomic E-state index is 0.0469. The lowest BCUT2D eigenvalue weighted by Crippen LogP contribution is -2.42. The first-order chi connectivity index (χ1) is 10.2. The van der Waals surface area contributed by atoms with Crippen molar-refractivity contribution in [3.8, 4) is 0 Å². The highest BCUT2D eigenvalue weighted by Gasteiger charge is 2.24. The Kier molecular flexibility index (Phi) is 6.14. The summed E-state index contributed by atoms with van der Waals surface area (Å²) < 4.78 is 0. The molecule has 1 aliphatic rings. The molecule has 0 saturated heterocycles. The number of carbonyl (C=O) groups is 1. The van der Waals surface area contributed by atoms with Crippen molar-refractivity contribution in [2.75, 3.05) is 20.2 Å². The van der Waals surface area contributed by atoms with Crippen molar-refractivity contribution >= 4 is 5.91 Å². The number of hydrogen-bond acceptors (Lipinski definition) is 4. The van der Waals surface area contributed by atoms with Gasteiger partial charge in [0, 0.05) is 31.6 Å². The third kappa shape index (κ3) is 5.10. The van der Waals surface area contributed by atoms with E-state index in [-0.39, 0.29) is 5.91 Å². The molecule has 1 aromatic rings. The van der Waals surface area contributed by atoms with Gasteiger partial charge in [-0.1, -0.05) is 6.07 Å². The normalized spacial score (nSPS) is 22.2. The molecule has 0 bridgehead atoms. The van der Waals surface area contributed by atoms with E-state index in [4.69, 9.17) is 5.11 Å². The molecule has 5 nitrogen and oxygen atoms in total. The maximum absolute atomic E-state index is 12.0. The fourth-order valence-corrected chi connectivity index (χ4v) is 2.88. The predicted molar refractivity (Wildman–Crippen MR) is 81.5 cm³/mol. The van der Waals surface area contributed by atoms with E-state index < -0.39 is 0 Å². The smallest absolute Gasteiger partial charge is 0.234 e. The monoisotopic (exact) mass is 291 g/mol. The Morgan fingerprint density at radius 2 is 2.19 bits per heavy atom. The molecule has 116 valence electrons. The molecule has 0 unspecified atom stereocenters. The average Bonchev–Trinajstić information content (AvgIpc) is 2.54. The first-order valence-corrected chi connectivity index (χ1v) is 7.65. The molecule has 21 heavy (non-hydrogen) atoms. The molecule has 5 heteroatoms. The van der Waals surface area contributed by atoms with E-state index in [0.717, 1.165) is 31.2 Å². The maximum atomic E-state index is 12.0. The van der Waals surface area contributed by atoms with Crippen LogP contribution in [-0.2, 0) is 11.3 Å². The van der Waals surface area contributed by atoms with Crippen molar-refractivity contribution in [3.63, 3.8) is 0 Å². The first kappa shape index (κ1) is 15.9. The molecule has 1 fully saturated rings. The standard InChI is InChI=1S/C16H25N3O2/c1-19(15-6-4-13(12-20)5-7-15)11-16(21)18-10-14-3-2-8-17-9-14/h2-3,8-9,13,15,20H,4-7,10-12H2,1H3,(H,18,21). The van der Waals surface area contributed by atoms with Crippen LogP contribution in [0, 0.1) is 5.92 Å². The fraction of sp³-hybridized carbons (Fsp3) is 0.625. The molecule has 1 aromatic heterocycles. The zero-order valence-electron chi connectivity index (χ0n) is 12.7. The summed E-state index contributed by atoms with van der Waals surface area (Å²) in [6.45, 7) is 1.24. The van der Waals surface area contributed by atoms with Crippen LogP contribution in [0.2, 0.25) is 0 Å². The van der Waals surface area contributed by atoms with Crippen molar-refractivity contribution in [2.24, 2.45) is 5.92 Å². The number of carbonyl (C=O) groups excluding carboxylic acids is 1.